The summed E-state index contributed by atoms with van der Waals surface area (Å²) in [6.45, 7) is 2.67. The maximum absolute atomic E-state index is 12.6. The zero-order valence-electron chi connectivity index (χ0n) is 12.2. The molecule has 0 spiro atoms. The van der Waals surface area contributed by atoms with Crippen LogP contribution in [-0.2, 0) is 14.3 Å². The second-order valence-corrected chi connectivity index (χ2v) is 6.63. The fourth-order valence-electron chi connectivity index (χ4n) is 2.80. The number of hydrogen-bond donors (Lipinski definition) is 1. The highest BCUT2D eigenvalue weighted by molar-refractivity contribution is 8.00. The molecule has 0 aliphatic carbocycles. The molecule has 3 atom stereocenters. The van der Waals surface area contributed by atoms with Gasteiger partial charge in [0.05, 0.1) is 18.4 Å². The number of hydrogen-bond acceptors (Lipinski definition) is 5. The number of carbonyl (C=O) groups is 3. The zero-order valence-corrected chi connectivity index (χ0v) is 13.0. The molecule has 3 unspecified atom stereocenters. The molecular weight excluding hydrogens is 296 g/mol. The van der Waals surface area contributed by atoms with Crippen molar-refractivity contribution in [1.29, 1.82) is 0 Å². The number of carboxylic acids is 1. The summed E-state index contributed by atoms with van der Waals surface area (Å²) >= 11 is 1.45. The number of likely N-dealkylation sites (tertiary alicyclic amines) is 1. The largest absolute Gasteiger partial charge is 0.480 e. The normalized spacial score (nSPS) is 29.3. The lowest BCUT2D eigenvalue weighted by molar-refractivity contribution is -0.147. The van der Waals surface area contributed by atoms with Gasteiger partial charge in [0.2, 0.25) is 0 Å². The number of esters is 1. The first-order valence-corrected chi connectivity index (χ1v) is 8.00. The van der Waals surface area contributed by atoms with E-state index in [1.807, 2.05) is 6.92 Å². The summed E-state index contributed by atoms with van der Waals surface area (Å²) in [5.74, 6) is -1.22. The summed E-state index contributed by atoms with van der Waals surface area (Å²) in [6, 6.07) is -1.09. The third-order valence-electron chi connectivity index (χ3n) is 3.96. The minimum Gasteiger partial charge on any atom is -0.480 e. The fourth-order valence-corrected chi connectivity index (χ4v) is 3.96. The molecule has 0 saturated carbocycles. The predicted octanol–water partition coefficient (Wildman–Crippen LogP) is 0.839. The molecule has 21 heavy (non-hydrogen) atoms. The summed E-state index contributed by atoms with van der Waals surface area (Å²) in [4.78, 5) is 38.5. The van der Waals surface area contributed by atoms with Crippen LogP contribution in [0, 0.1) is 5.92 Å². The fraction of sp³-hybridized carbons (Fsp3) is 0.769. The second kappa shape index (κ2) is 6.55. The highest BCUT2D eigenvalue weighted by Crippen LogP contribution is 2.31. The summed E-state index contributed by atoms with van der Waals surface area (Å²) in [5, 5.41) is 9.06. The van der Waals surface area contributed by atoms with E-state index in [1.165, 1.54) is 23.8 Å². The highest BCUT2D eigenvalue weighted by atomic mass is 32.2. The van der Waals surface area contributed by atoms with E-state index in [1.54, 1.807) is 4.90 Å². The van der Waals surface area contributed by atoms with Crippen LogP contribution in [0.3, 0.4) is 0 Å². The molecule has 0 aromatic heterocycles. The number of carboxylic acid groups (broad SMARTS) is 1. The number of ether oxygens (including phenoxy) is 1. The first-order chi connectivity index (χ1) is 9.95. The average molecular weight is 316 g/mol. The Labute approximate surface area is 127 Å². The first-order valence-electron chi connectivity index (χ1n) is 6.95. The van der Waals surface area contributed by atoms with Crippen molar-refractivity contribution in [3.63, 3.8) is 0 Å². The number of carbonyl (C=O) groups excluding carboxylic acids is 2. The van der Waals surface area contributed by atoms with Crippen LogP contribution >= 0.6 is 11.8 Å². The van der Waals surface area contributed by atoms with Crippen LogP contribution in [0.15, 0.2) is 0 Å². The second-order valence-electron chi connectivity index (χ2n) is 5.28. The van der Waals surface area contributed by atoms with Crippen LogP contribution in [0.1, 0.15) is 19.8 Å². The van der Waals surface area contributed by atoms with Crippen LogP contribution in [0.25, 0.3) is 0 Å². The molecule has 1 N–H and O–H groups in total. The molecule has 2 aliphatic rings. The molecule has 2 rings (SSSR count). The maximum Gasteiger partial charge on any atom is 0.327 e. The van der Waals surface area contributed by atoms with Crippen molar-refractivity contribution >= 4 is 29.7 Å². The Bertz CT molecular complexity index is 444. The van der Waals surface area contributed by atoms with E-state index in [0.29, 0.717) is 25.3 Å². The molecule has 2 aliphatic heterocycles. The van der Waals surface area contributed by atoms with Gasteiger partial charge in [-0.15, -0.1) is 11.8 Å². The van der Waals surface area contributed by atoms with Crippen LogP contribution < -0.4 is 0 Å². The summed E-state index contributed by atoms with van der Waals surface area (Å²) in [6.07, 6.45) is 1.42. The van der Waals surface area contributed by atoms with Crippen molar-refractivity contribution in [1.82, 2.24) is 9.80 Å². The number of amides is 2. The van der Waals surface area contributed by atoms with Crippen molar-refractivity contribution in [2.24, 2.45) is 5.92 Å². The first kappa shape index (κ1) is 15.9. The van der Waals surface area contributed by atoms with Crippen molar-refractivity contribution in [3.05, 3.63) is 0 Å². The summed E-state index contributed by atoms with van der Waals surface area (Å²) in [7, 11) is 1.34. The van der Waals surface area contributed by atoms with E-state index in [4.69, 9.17) is 4.74 Å². The van der Waals surface area contributed by atoms with Crippen LogP contribution in [-0.4, -0.2) is 70.2 Å². The minimum atomic E-state index is -0.985. The Morgan fingerprint density at radius 1 is 1.33 bits per heavy atom. The van der Waals surface area contributed by atoms with E-state index in [0.717, 1.165) is 6.42 Å². The third kappa shape index (κ3) is 3.25. The van der Waals surface area contributed by atoms with Crippen LogP contribution in [0.5, 0.6) is 0 Å². The SMILES string of the molecule is COC(=O)C1CCCN(C(=O)N2C(C)SCC2C(=O)O)C1. The van der Waals surface area contributed by atoms with Gasteiger partial charge in [-0.2, -0.15) is 0 Å². The molecule has 7 nitrogen and oxygen atoms in total. The van der Waals surface area contributed by atoms with Gasteiger partial charge in [-0.3, -0.25) is 9.69 Å². The lowest BCUT2D eigenvalue weighted by Crippen LogP contribution is -2.54. The topological polar surface area (TPSA) is 87.2 Å². The van der Waals surface area contributed by atoms with Gasteiger partial charge < -0.3 is 14.7 Å². The number of urea groups is 1. The van der Waals surface area contributed by atoms with E-state index < -0.39 is 12.0 Å². The van der Waals surface area contributed by atoms with E-state index in [-0.39, 0.29) is 23.3 Å². The minimum absolute atomic E-state index is 0.169. The molecule has 0 bridgehead atoms. The number of thioether (sulfide) groups is 1. The number of nitrogens with zero attached hydrogens (tertiary/aromatic N) is 2. The van der Waals surface area contributed by atoms with E-state index >= 15 is 0 Å². The van der Waals surface area contributed by atoms with Gasteiger partial charge in [0.25, 0.3) is 0 Å². The Morgan fingerprint density at radius 2 is 2.05 bits per heavy atom. The number of rotatable bonds is 2. The van der Waals surface area contributed by atoms with Gasteiger partial charge in [-0.1, -0.05) is 0 Å². The summed E-state index contributed by atoms with van der Waals surface area (Å²) in [5.41, 5.74) is 0. The predicted molar refractivity (Wildman–Crippen MR) is 76.9 cm³/mol. The standard InChI is InChI=1S/C13H20N2O5S/c1-8-15(10(7-21-8)11(16)17)13(19)14-5-3-4-9(6-14)12(18)20-2/h8-10H,3-7H2,1-2H3,(H,16,17). The van der Waals surface area contributed by atoms with Crippen molar-refractivity contribution < 1.29 is 24.2 Å². The van der Waals surface area contributed by atoms with Crippen molar-refractivity contribution in [2.45, 2.75) is 31.2 Å². The van der Waals surface area contributed by atoms with E-state index in [9.17, 15) is 19.5 Å². The molecule has 2 amide bonds. The van der Waals surface area contributed by atoms with Gasteiger partial charge in [0.1, 0.15) is 6.04 Å². The molecule has 2 saturated heterocycles. The molecule has 0 radical (unpaired) electrons. The quantitative estimate of drug-likeness (QED) is 0.760. The maximum atomic E-state index is 12.6. The van der Waals surface area contributed by atoms with E-state index in [2.05, 4.69) is 0 Å². The third-order valence-corrected chi connectivity index (χ3v) is 5.17. The number of aliphatic carboxylic acids is 1. The smallest absolute Gasteiger partial charge is 0.327 e. The van der Waals surface area contributed by atoms with Crippen LogP contribution in [0.4, 0.5) is 4.79 Å². The molecular formula is C13H20N2O5S. The monoisotopic (exact) mass is 316 g/mol. The Balaban J connectivity index is 2.08. The van der Waals surface area contributed by atoms with Crippen molar-refractivity contribution in [2.75, 3.05) is 26.0 Å². The average Bonchev–Trinajstić information content (AvgIpc) is 2.87. The van der Waals surface area contributed by atoms with Gasteiger partial charge >= 0.3 is 18.0 Å². The molecule has 2 fully saturated rings. The van der Waals surface area contributed by atoms with Gasteiger partial charge in [0, 0.05) is 18.8 Å². The van der Waals surface area contributed by atoms with Gasteiger partial charge in [0.15, 0.2) is 0 Å². The molecule has 2 heterocycles. The Morgan fingerprint density at radius 3 is 2.67 bits per heavy atom. The summed E-state index contributed by atoms with van der Waals surface area (Å²) < 4.78 is 4.73. The number of methoxy groups -OCH3 is 1. The Kier molecular flexibility index (Phi) is 4.97. The van der Waals surface area contributed by atoms with Gasteiger partial charge in [-0.25, -0.2) is 9.59 Å². The molecule has 118 valence electrons. The number of piperidine rings is 1. The van der Waals surface area contributed by atoms with Crippen molar-refractivity contribution in [3.8, 4) is 0 Å². The zero-order chi connectivity index (χ0) is 15.6. The molecule has 0 aromatic carbocycles. The Hall–Kier alpha value is -1.44. The lowest BCUT2D eigenvalue weighted by Gasteiger charge is -2.36. The molecule has 8 heteroatoms. The lowest BCUT2D eigenvalue weighted by atomic mass is 9.98. The van der Waals surface area contributed by atoms with Crippen LogP contribution in [0.2, 0.25) is 0 Å². The highest BCUT2D eigenvalue weighted by Gasteiger charge is 2.42. The molecule has 0 aromatic rings. The van der Waals surface area contributed by atoms with Gasteiger partial charge in [-0.05, 0) is 19.8 Å².